The third-order valence-electron chi connectivity index (χ3n) is 2.59. The van der Waals surface area contributed by atoms with Gasteiger partial charge in [0.05, 0.1) is 22.1 Å². The number of nitrogens with one attached hydrogen (secondary N) is 2. The summed E-state index contributed by atoms with van der Waals surface area (Å²) >= 11 is 5.95. The molecule has 0 heterocycles. The van der Waals surface area contributed by atoms with E-state index < -0.39 is 4.92 Å². The van der Waals surface area contributed by atoms with Gasteiger partial charge in [-0.05, 0) is 12.0 Å². The normalized spacial score (nSPS) is 10.6. The van der Waals surface area contributed by atoms with Crippen LogP contribution in [0.2, 0.25) is 5.02 Å². The molecule has 0 radical (unpaired) electrons. The zero-order valence-electron chi connectivity index (χ0n) is 11.5. The van der Waals surface area contributed by atoms with Crippen molar-refractivity contribution >= 4 is 23.2 Å². The number of carbonyl (C=O) groups excluding carboxylic acids is 1. The van der Waals surface area contributed by atoms with Crippen molar-refractivity contribution in [1.29, 1.82) is 0 Å². The molecule has 0 saturated carbocycles. The van der Waals surface area contributed by atoms with Crippen molar-refractivity contribution in [2.45, 2.75) is 20.4 Å². The zero-order chi connectivity index (χ0) is 15.1. The predicted octanol–water partition coefficient (Wildman–Crippen LogP) is 2.11. The quantitative estimate of drug-likeness (QED) is 0.596. The van der Waals surface area contributed by atoms with Gasteiger partial charge < -0.3 is 10.6 Å². The first kappa shape index (κ1) is 16.4. The first-order valence-electron chi connectivity index (χ1n) is 6.31. The largest absolute Gasteiger partial charge is 0.355 e. The van der Waals surface area contributed by atoms with Gasteiger partial charge in [0.2, 0.25) is 5.91 Å². The minimum atomic E-state index is -0.484. The van der Waals surface area contributed by atoms with Crippen molar-refractivity contribution in [3.05, 3.63) is 38.9 Å². The van der Waals surface area contributed by atoms with E-state index in [1.807, 2.05) is 13.8 Å². The molecule has 0 fully saturated rings. The Bertz CT molecular complexity index is 492. The molecular weight excluding hydrogens is 282 g/mol. The van der Waals surface area contributed by atoms with Crippen LogP contribution in [0.4, 0.5) is 5.69 Å². The van der Waals surface area contributed by atoms with Gasteiger partial charge in [0.15, 0.2) is 0 Å². The van der Waals surface area contributed by atoms with Crippen LogP contribution in [0.15, 0.2) is 18.2 Å². The molecule has 0 atom stereocenters. The highest BCUT2D eigenvalue weighted by Gasteiger charge is 2.16. The molecule has 110 valence electrons. The number of benzene rings is 1. The summed E-state index contributed by atoms with van der Waals surface area (Å²) in [5.74, 6) is 0.233. The molecule has 0 aliphatic carbocycles. The van der Waals surface area contributed by atoms with E-state index in [-0.39, 0.29) is 24.7 Å². The lowest BCUT2D eigenvalue weighted by Crippen LogP contribution is -2.35. The molecule has 20 heavy (non-hydrogen) atoms. The molecule has 0 unspecified atom stereocenters. The molecule has 1 rings (SSSR count). The summed E-state index contributed by atoms with van der Waals surface area (Å²) in [6.45, 7) is 4.87. The molecule has 0 spiro atoms. The summed E-state index contributed by atoms with van der Waals surface area (Å²) in [6, 6.07) is 4.51. The lowest BCUT2D eigenvalue weighted by atomic mass is 10.2. The lowest BCUT2D eigenvalue weighted by Gasteiger charge is -2.09. The first-order valence-corrected chi connectivity index (χ1v) is 6.68. The number of rotatable bonds is 7. The van der Waals surface area contributed by atoms with Crippen LogP contribution in [-0.2, 0) is 11.3 Å². The Balaban J connectivity index is 2.54. The molecule has 2 N–H and O–H groups in total. The summed E-state index contributed by atoms with van der Waals surface area (Å²) in [5, 5.41) is 16.8. The van der Waals surface area contributed by atoms with E-state index in [1.54, 1.807) is 6.07 Å². The minimum absolute atomic E-state index is 0.0485. The van der Waals surface area contributed by atoms with Crippen LogP contribution in [0.25, 0.3) is 0 Å². The first-order chi connectivity index (χ1) is 9.41. The van der Waals surface area contributed by atoms with Crippen molar-refractivity contribution in [3.8, 4) is 0 Å². The third-order valence-corrected chi connectivity index (χ3v) is 2.94. The van der Waals surface area contributed by atoms with Crippen molar-refractivity contribution in [2.75, 3.05) is 13.1 Å². The number of nitro benzene ring substituents is 1. The van der Waals surface area contributed by atoms with Crippen LogP contribution in [0.1, 0.15) is 19.4 Å². The summed E-state index contributed by atoms with van der Waals surface area (Å²) in [7, 11) is 0. The highest BCUT2D eigenvalue weighted by atomic mass is 35.5. The Morgan fingerprint density at radius 2 is 2.15 bits per heavy atom. The van der Waals surface area contributed by atoms with Gasteiger partial charge in [0, 0.05) is 19.2 Å². The monoisotopic (exact) mass is 299 g/mol. The van der Waals surface area contributed by atoms with Gasteiger partial charge in [-0.15, -0.1) is 0 Å². The van der Waals surface area contributed by atoms with E-state index >= 15 is 0 Å². The predicted molar refractivity (Wildman–Crippen MR) is 77.7 cm³/mol. The molecule has 0 bridgehead atoms. The molecular formula is C13H18ClN3O3. The van der Waals surface area contributed by atoms with E-state index in [4.69, 9.17) is 11.6 Å². The van der Waals surface area contributed by atoms with Gasteiger partial charge in [-0.1, -0.05) is 31.5 Å². The van der Waals surface area contributed by atoms with Crippen molar-refractivity contribution in [1.82, 2.24) is 10.6 Å². The fourth-order valence-electron chi connectivity index (χ4n) is 1.57. The second kappa shape index (κ2) is 7.81. The molecule has 0 saturated heterocycles. The topological polar surface area (TPSA) is 84.3 Å². The van der Waals surface area contributed by atoms with Crippen molar-refractivity contribution in [2.24, 2.45) is 5.92 Å². The molecule has 1 aromatic rings. The highest BCUT2D eigenvalue weighted by Crippen LogP contribution is 2.25. The molecule has 6 nitrogen and oxygen atoms in total. The maximum Gasteiger partial charge on any atom is 0.275 e. The van der Waals surface area contributed by atoms with Crippen LogP contribution >= 0.6 is 11.6 Å². The van der Waals surface area contributed by atoms with Crippen LogP contribution in [0, 0.1) is 16.0 Å². The van der Waals surface area contributed by atoms with Crippen LogP contribution < -0.4 is 10.6 Å². The molecule has 0 aliphatic rings. The van der Waals surface area contributed by atoms with Gasteiger partial charge in [-0.3, -0.25) is 14.9 Å². The Labute approximate surface area is 122 Å². The fourth-order valence-corrected chi connectivity index (χ4v) is 1.81. The van der Waals surface area contributed by atoms with Gasteiger partial charge in [-0.2, -0.15) is 0 Å². The number of hydrogen-bond donors (Lipinski definition) is 2. The molecule has 7 heteroatoms. The number of nitro groups is 1. The van der Waals surface area contributed by atoms with E-state index in [1.165, 1.54) is 12.1 Å². The maximum absolute atomic E-state index is 11.5. The number of nitrogens with zero attached hydrogens (tertiary/aromatic N) is 1. The van der Waals surface area contributed by atoms with Gasteiger partial charge >= 0.3 is 0 Å². The lowest BCUT2D eigenvalue weighted by molar-refractivity contribution is -0.385. The summed E-state index contributed by atoms with van der Waals surface area (Å²) < 4.78 is 0. The Hall–Kier alpha value is -1.66. The Morgan fingerprint density at radius 3 is 2.75 bits per heavy atom. The molecule has 0 aliphatic heterocycles. The van der Waals surface area contributed by atoms with Crippen LogP contribution in [-0.4, -0.2) is 23.9 Å². The van der Waals surface area contributed by atoms with E-state index in [9.17, 15) is 14.9 Å². The number of carbonyl (C=O) groups is 1. The summed E-state index contributed by atoms with van der Waals surface area (Å²) in [5.41, 5.74) is 0.336. The second-order valence-corrected chi connectivity index (χ2v) is 5.20. The van der Waals surface area contributed by atoms with E-state index in [0.717, 1.165) is 0 Å². The Morgan fingerprint density at radius 1 is 1.45 bits per heavy atom. The van der Waals surface area contributed by atoms with Gasteiger partial charge in [0.1, 0.15) is 0 Å². The standard InChI is InChI=1S/C13H18ClN3O3/c1-9(2)6-16-13(18)8-15-7-10-11(14)4-3-5-12(10)17(19)20/h3-5,9,15H,6-8H2,1-2H3,(H,16,18). The average Bonchev–Trinajstić information content (AvgIpc) is 2.37. The van der Waals surface area contributed by atoms with Crippen LogP contribution in [0.5, 0.6) is 0 Å². The minimum Gasteiger partial charge on any atom is -0.355 e. The van der Waals surface area contributed by atoms with E-state index in [0.29, 0.717) is 23.0 Å². The zero-order valence-corrected chi connectivity index (χ0v) is 12.2. The van der Waals surface area contributed by atoms with E-state index in [2.05, 4.69) is 10.6 Å². The maximum atomic E-state index is 11.5. The fraction of sp³-hybridized carbons (Fsp3) is 0.462. The smallest absolute Gasteiger partial charge is 0.275 e. The Kier molecular flexibility index (Phi) is 6.41. The SMILES string of the molecule is CC(C)CNC(=O)CNCc1c(Cl)cccc1[N+](=O)[O-]. The summed E-state index contributed by atoms with van der Waals surface area (Å²) in [4.78, 5) is 21.9. The van der Waals surface area contributed by atoms with Gasteiger partial charge in [0.25, 0.3) is 5.69 Å². The number of hydrogen-bond acceptors (Lipinski definition) is 4. The average molecular weight is 300 g/mol. The third kappa shape index (κ3) is 5.14. The molecule has 1 aromatic carbocycles. The molecule has 1 amide bonds. The molecule has 0 aromatic heterocycles. The number of halogens is 1. The van der Waals surface area contributed by atoms with Crippen molar-refractivity contribution < 1.29 is 9.72 Å². The van der Waals surface area contributed by atoms with Crippen molar-refractivity contribution in [3.63, 3.8) is 0 Å². The summed E-state index contributed by atoms with van der Waals surface area (Å²) in [6.07, 6.45) is 0. The second-order valence-electron chi connectivity index (χ2n) is 4.80. The highest BCUT2D eigenvalue weighted by molar-refractivity contribution is 6.31. The number of amides is 1. The van der Waals surface area contributed by atoms with Gasteiger partial charge in [-0.25, -0.2) is 0 Å². The van der Waals surface area contributed by atoms with Crippen LogP contribution in [0.3, 0.4) is 0 Å².